The summed E-state index contributed by atoms with van der Waals surface area (Å²) in [6.07, 6.45) is 6.27. The SMILES string of the molecule is O=C(CCOc1ccccc1)N1CCc2oc(CCc3cccnc3)nc2C1. The Bertz CT molecular complexity index is 909. The highest BCUT2D eigenvalue weighted by Gasteiger charge is 2.25. The first-order valence-electron chi connectivity index (χ1n) is 9.60. The van der Waals surface area contributed by atoms with Gasteiger partial charge in [-0.05, 0) is 30.2 Å². The Kier molecular flexibility index (Phi) is 5.66. The van der Waals surface area contributed by atoms with Crippen LogP contribution in [-0.2, 0) is 30.6 Å². The van der Waals surface area contributed by atoms with Crippen molar-refractivity contribution in [3.05, 3.63) is 77.8 Å². The normalized spacial score (nSPS) is 13.2. The van der Waals surface area contributed by atoms with Crippen molar-refractivity contribution in [2.45, 2.75) is 32.2 Å². The Morgan fingerprint density at radius 2 is 2.04 bits per heavy atom. The van der Waals surface area contributed by atoms with Gasteiger partial charge in [0.25, 0.3) is 0 Å². The quantitative estimate of drug-likeness (QED) is 0.632. The first-order chi connectivity index (χ1) is 13.8. The van der Waals surface area contributed by atoms with Gasteiger partial charge in [0.05, 0.1) is 19.6 Å². The topological polar surface area (TPSA) is 68.5 Å². The van der Waals surface area contributed by atoms with Crippen LogP contribution < -0.4 is 4.74 Å². The average Bonchev–Trinajstić information content (AvgIpc) is 3.16. The van der Waals surface area contributed by atoms with Crippen molar-refractivity contribution in [2.24, 2.45) is 0 Å². The van der Waals surface area contributed by atoms with Crippen LogP contribution in [0, 0.1) is 0 Å². The van der Waals surface area contributed by atoms with E-state index in [1.807, 2.05) is 53.6 Å². The first-order valence-corrected chi connectivity index (χ1v) is 9.60. The van der Waals surface area contributed by atoms with Crippen LogP contribution in [0.25, 0.3) is 0 Å². The molecule has 0 bridgehead atoms. The summed E-state index contributed by atoms with van der Waals surface area (Å²) >= 11 is 0. The zero-order chi connectivity index (χ0) is 19.2. The Morgan fingerprint density at radius 1 is 1.14 bits per heavy atom. The van der Waals surface area contributed by atoms with Crippen LogP contribution in [-0.4, -0.2) is 33.9 Å². The predicted molar refractivity (Wildman–Crippen MR) is 104 cm³/mol. The number of ether oxygens (including phenoxy) is 1. The zero-order valence-corrected chi connectivity index (χ0v) is 15.7. The third-order valence-electron chi connectivity index (χ3n) is 4.80. The molecule has 0 fully saturated rings. The number of oxazole rings is 1. The molecule has 6 heteroatoms. The van der Waals surface area contributed by atoms with Crippen LogP contribution in [0.15, 0.2) is 59.3 Å². The summed E-state index contributed by atoms with van der Waals surface area (Å²) in [5, 5.41) is 0. The van der Waals surface area contributed by atoms with Crippen LogP contribution in [0.5, 0.6) is 5.75 Å². The largest absolute Gasteiger partial charge is 0.493 e. The van der Waals surface area contributed by atoms with Gasteiger partial charge in [-0.1, -0.05) is 24.3 Å². The number of rotatable bonds is 7. The van der Waals surface area contributed by atoms with Crippen molar-refractivity contribution in [3.63, 3.8) is 0 Å². The van der Waals surface area contributed by atoms with Gasteiger partial charge in [0.1, 0.15) is 17.2 Å². The molecule has 28 heavy (non-hydrogen) atoms. The van der Waals surface area contributed by atoms with E-state index in [1.54, 1.807) is 6.20 Å². The van der Waals surface area contributed by atoms with Crippen LogP contribution >= 0.6 is 0 Å². The first kappa shape index (κ1) is 18.2. The highest BCUT2D eigenvalue weighted by atomic mass is 16.5. The summed E-state index contributed by atoms with van der Waals surface area (Å²) in [4.78, 5) is 23.1. The summed E-state index contributed by atoms with van der Waals surface area (Å²) in [7, 11) is 0. The lowest BCUT2D eigenvalue weighted by atomic mass is 10.1. The molecule has 0 radical (unpaired) electrons. The molecule has 1 aliphatic rings. The number of aromatic nitrogens is 2. The molecule has 0 unspecified atom stereocenters. The molecule has 1 aromatic carbocycles. The molecule has 3 heterocycles. The van der Waals surface area contributed by atoms with Crippen molar-refractivity contribution >= 4 is 5.91 Å². The molecular weight excluding hydrogens is 354 g/mol. The van der Waals surface area contributed by atoms with E-state index in [0.717, 1.165) is 41.5 Å². The molecule has 3 aromatic rings. The standard InChI is InChI=1S/C22H23N3O3/c26-22(11-14-27-18-6-2-1-3-7-18)25-13-10-20-19(16-25)24-21(28-20)9-8-17-5-4-12-23-15-17/h1-7,12,15H,8-11,13-14,16H2. The van der Waals surface area contributed by atoms with Crippen molar-refractivity contribution in [1.82, 2.24) is 14.9 Å². The van der Waals surface area contributed by atoms with Gasteiger partial charge in [0.2, 0.25) is 5.91 Å². The van der Waals surface area contributed by atoms with Gasteiger partial charge in [0.15, 0.2) is 5.89 Å². The van der Waals surface area contributed by atoms with Gasteiger partial charge in [-0.15, -0.1) is 0 Å². The maximum Gasteiger partial charge on any atom is 0.226 e. The van der Waals surface area contributed by atoms with Crippen LogP contribution in [0.4, 0.5) is 0 Å². The maximum absolute atomic E-state index is 12.5. The average molecular weight is 377 g/mol. The lowest BCUT2D eigenvalue weighted by Gasteiger charge is -2.25. The van der Waals surface area contributed by atoms with E-state index < -0.39 is 0 Å². The van der Waals surface area contributed by atoms with Crippen LogP contribution in [0.1, 0.15) is 29.3 Å². The summed E-state index contributed by atoms with van der Waals surface area (Å²) in [6.45, 7) is 1.55. The highest BCUT2D eigenvalue weighted by molar-refractivity contribution is 5.76. The number of para-hydroxylation sites is 1. The second kappa shape index (κ2) is 8.69. The number of nitrogens with zero attached hydrogens (tertiary/aromatic N) is 3. The number of carbonyl (C=O) groups is 1. The minimum absolute atomic E-state index is 0.0847. The molecule has 0 saturated carbocycles. The molecule has 2 aromatic heterocycles. The Labute approximate surface area is 164 Å². The van der Waals surface area contributed by atoms with Gasteiger partial charge in [-0.3, -0.25) is 9.78 Å². The Balaban J connectivity index is 1.28. The predicted octanol–water partition coefficient (Wildman–Crippen LogP) is 3.21. The molecule has 1 aliphatic heterocycles. The highest BCUT2D eigenvalue weighted by Crippen LogP contribution is 2.21. The van der Waals surface area contributed by atoms with Crippen molar-refractivity contribution in [3.8, 4) is 5.75 Å². The molecule has 0 atom stereocenters. The van der Waals surface area contributed by atoms with Crippen molar-refractivity contribution < 1.29 is 13.9 Å². The van der Waals surface area contributed by atoms with Gasteiger partial charge in [-0.2, -0.15) is 0 Å². The molecule has 4 rings (SSSR count). The Hall–Kier alpha value is -3.15. The lowest BCUT2D eigenvalue weighted by Crippen LogP contribution is -2.36. The zero-order valence-electron chi connectivity index (χ0n) is 15.7. The smallest absolute Gasteiger partial charge is 0.226 e. The molecule has 0 spiro atoms. The summed E-state index contributed by atoms with van der Waals surface area (Å²) < 4.78 is 11.5. The fourth-order valence-electron chi connectivity index (χ4n) is 3.30. The number of pyridine rings is 1. The van der Waals surface area contributed by atoms with E-state index in [4.69, 9.17) is 9.15 Å². The van der Waals surface area contributed by atoms with Crippen molar-refractivity contribution in [1.29, 1.82) is 0 Å². The van der Waals surface area contributed by atoms with Gasteiger partial charge < -0.3 is 14.1 Å². The fourth-order valence-corrected chi connectivity index (χ4v) is 3.30. The second-order valence-corrected chi connectivity index (χ2v) is 6.82. The van der Waals surface area contributed by atoms with Gasteiger partial charge >= 0.3 is 0 Å². The number of fused-ring (bicyclic) bond motifs is 1. The molecule has 0 N–H and O–H groups in total. The van der Waals surface area contributed by atoms with E-state index >= 15 is 0 Å². The molecule has 0 saturated heterocycles. The summed E-state index contributed by atoms with van der Waals surface area (Å²) in [5.41, 5.74) is 2.04. The maximum atomic E-state index is 12.5. The lowest BCUT2D eigenvalue weighted by molar-refractivity contribution is -0.132. The number of benzene rings is 1. The van der Waals surface area contributed by atoms with Crippen molar-refractivity contribution in [2.75, 3.05) is 13.2 Å². The third kappa shape index (κ3) is 4.57. The van der Waals surface area contributed by atoms with E-state index in [2.05, 4.69) is 9.97 Å². The Morgan fingerprint density at radius 3 is 2.86 bits per heavy atom. The summed E-state index contributed by atoms with van der Waals surface area (Å²) in [5.74, 6) is 2.51. The number of carbonyl (C=O) groups excluding carboxylic acids is 1. The monoisotopic (exact) mass is 377 g/mol. The number of amides is 1. The van der Waals surface area contributed by atoms with Crippen LogP contribution in [0.3, 0.4) is 0 Å². The van der Waals surface area contributed by atoms with Gasteiger partial charge in [-0.25, -0.2) is 4.98 Å². The molecule has 0 aliphatic carbocycles. The molecule has 1 amide bonds. The van der Waals surface area contributed by atoms with Gasteiger partial charge in [0, 0.05) is 31.8 Å². The van der Waals surface area contributed by atoms with E-state index in [9.17, 15) is 4.79 Å². The summed E-state index contributed by atoms with van der Waals surface area (Å²) in [6, 6.07) is 13.5. The minimum Gasteiger partial charge on any atom is -0.493 e. The van der Waals surface area contributed by atoms with E-state index in [0.29, 0.717) is 32.5 Å². The number of aryl methyl sites for hydroxylation is 2. The van der Waals surface area contributed by atoms with E-state index in [-0.39, 0.29) is 5.91 Å². The molecule has 144 valence electrons. The number of hydrogen-bond donors (Lipinski definition) is 0. The second-order valence-electron chi connectivity index (χ2n) is 6.82. The molecule has 6 nitrogen and oxygen atoms in total. The third-order valence-corrected chi connectivity index (χ3v) is 4.80. The van der Waals surface area contributed by atoms with E-state index in [1.165, 1.54) is 0 Å². The fraction of sp³-hybridized carbons (Fsp3) is 0.318. The van der Waals surface area contributed by atoms with Crippen LogP contribution in [0.2, 0.25) is 0 Å². The molecular formula is C22H23N3O3. The number of hydrogen-bond acceptors (Lipinski definition) is 5. The minimum atomic E-state index is 0.0847.